The zero-order valence-electron chi connectivity index (χ0n) is 6.27. The maximum Gasteiger partial charge on any atom is 0.124 e. The van der Waals surface area contributed by atoms with E-state index in [9.17, 15) is 0 Å². The molecular formula is C5H15BrN4. The first-order valence-electron chi connectivity index (χ1n) is 3.11. The Balaban J connectivity index is 0.000000810. The first-order valence-corrected chi connectivity index (χ1v) is 3.11. The second kappa shape index (κ2) is 3.64. The lowest BCUT2D eigenvalue weighted by atomic mass is 10.1. The van der Waals surface area contributed by atoms with Crippen molar-refractivity contribution in [3.05, 3.63) is 0 Å². The van der Waals surface area contributed by atoms with E-state index in [1.54, 1.807) is 0 Å². The summed E-state index contributed by atoms with van der Waals surface area (Å²) in [6, 6.07) is 0. The van der Waals surface area contributed by atoms with Crippen molar-refractivity contribution in [2.45, 2.75) is 25.7 Å². The molecule has 0 aliphatic carbocycles. The Kier molecular flexibility index (Phi) is 3.75. The molecule has 0 aromatic carbocycles. The van der Waals surface area contributed by atoms with Crippen LogP contribution in [0.15, 0.2) is 0 Å². The van der Waals surface area contributed by atoms with Gasteiger partial charge >= 0.3 is 0 Å². The van der Waals surface area contributed by atoms with Gasteiger partial charge in [-0.3, -0.25) is 16.5 Å². The fourth-order valence-corrected chi connectivity index (χ4v) is 0.951. The van der Waals surface area contributed by atoms with Gasteiger partial charge in [-0.25, -0.2) is 5.43 Å². The molecule has 1 aliphatic heterocycles. The molecule has 1 atom stereocenters. The highest BCUT2D eigenvalue weighted by Gasteiger charge is 2.27. The molecule has 0 radical (unpaired) electrons. The summed E-state index contributed by atoms with van der Waals surface area (Å²) in [6.45, 7) is 5.19. The SMILES string of the molecule is Br.CC1(C)CNC(NN)N1. The third-order valence-corrected chi connectivity index (χ3v) is 1.45. The first kappa shape index (κ1) is 10.3. The highest BCUT2D eigenvalue weighted by atomic mass is 79.9. The Labute approximate surface area is 71.7 Å². The van der Waals surface area contributed by atoms with E-state index < -0.39 is 0 Å². The van der Waals surface area contributed by atoms with Crippen LogP contribution in [0.2, 0.25) is 0 Å². The van der Waals surface area contributed by atoms with Crippen LogP contribution in [-0.4, -0.2) is 18.4 Å². The zero-order valence-corrected chi connectivity index (χ0v) is 7.98. The Morgan fingerprint density at radius 3 is 2.40 bits per heavy atom. The van der Waals surface area contributed by atoms with Crippen molar-refractivity contribution in [2.24, 2.45) is 5.84 Å². The highest BCUT2D eigenvalue weighted by Crippen LogP contribution is 2.05. The third-order valence-electron chi connectivity index (χ3n) is 1.45. The van der Waals surface area contributed by atoms with Gasteiger partial charge in [-0.05, 0) is 13.8 Å². The van der Waals surface area contributed by atoms with Gasteiger partial charge in [0.1, 0.15) is 6.29 Å². The van der Waals surface area contributed by atoms with Crippen molar-refractivity contribution < 1.29 is 0 Å². The smallest absolute Gasteiger partial charge is 0.124 e. The number of rotatable bonds is 1. The molecule has 0 amide bonds. The van der Waals surface area contributed by atoms with Crippen molar-refractivity contribution in [2.75, 3.05) is 6.54 Å². The number of hydrogen-bond donors (Lipinski definition) is 4. The van der Waals surface area contributed by atoms with Crippen molar-refractivity contribution >= 4 is 17.0 Å². The first-order chi connectivity index (χ1) is 4.14. The van der Waals surface area contributed by atoms with Crippen LogP contribution in [0.25, 0.3) is 0 Å². The topological polar surface area (TPSA) is 62.1 Å². The van der Waals surface area contributed by atoms with Gasteiger partial charge in [0, 0.05) is 12.1 Å². The summed E-state index contributed by atoms with van der Waals surface area (Å²) < 4.78 is 0. The molecule has 1 aliphatic rings. The summed E-state index contributed by atoms with van der Waals surface area (Å²) in [5, 5.41) is 6.38. The average Bonchev–Trinajstić information content (AvgIpc) is 2.10. The van der Waals surface area contributed by atoms with Crippen LogP contribution >= 0.6 is 17.0 Å². The maximum absolute atomic E-state index is 5.18. The fraction of sp³-hybridized carbons (Fsp3) is 1.00. The summed E-state index contributed by atoms with van der Waals surface area (Å²) in [4.78, 5) is 0. The van der Waals surface area contributed by atoms with Crippen LogP contribution in [0.5, 0.6) is 0 Å². The predicted molar refractivity (Wildman–Crippen MR) is 46.7 cm³/mol. The molecule has 4 nitrogen and oxygen atoms in total. The number of hydrazine groups is 1. The highest BCUT2D eigenvalue weighted by molar-refractivity contribution is 8.93. The van der Waals surface area contributed by atoms with Crippen molar-refractivity contribution in [1.29, 1.82) is 0 Å². The molecule has 1 unspecified atom stereocenters. The van der Waals surface area contributed by atoms with Crippen LogP contribution in [0.3, 0.4) is 0 Å². The lowest BCUT2D eigenvalue weighted by Gasteiger charge is -2.17. The molecule has 1 saturated heterocycles. The average molecular weight is 211 g/mol. The van der Waals surface area contributed by atoms with Crippen LogP contribution in [-0.2, 0) is 0 Å². The molecular weight excluding hydrogens is 196 g/mol. The van der Waals surface area contributed by atoms with Crippen molar-refractivity contribution in [1.82, 2.24) is 16.1 Å². The molecule has 0 bridgehead atoms. The Bertz CT molecular complexity index is 106. The van der Waals surface area contributed by atoms with E-state index in [0.717, 1.165) is 6.54 Å². The predicted octanol–water partition coefficient (Wildman–Crippen LogP) is -0.717. The summed E-state index contributed by atoms with van der Waals surface area (Å²) in [6.07, 6.45) is 0.0694. The summed E-state index contributed by atoms with van der Waals surface area (Å²) >= 11 is 0. The molecule has 5 heteroatoms. The number of nitrogens with one attached hydrogen (secondary N) is 3. The fourth-order valence-electron chi connectivity index (χ4n) is 0.951. The van der Waals surface area contributed by atoms with Gasteiger partial charge < -0.3 is 0 Å². The number of halogens is 1. The van der Waals surface area contributed by atoms with Gasteiger partial charge in [0.25, 0.3) is 0 Å². The van der Waals surface area contributed by atoms with Gasteiger partial charge in [0.05, 0.1) is 0 Å². The Morgan fingerprint density at radius 1 is 1.60 bits per heavy atom. The molecule has 10 heavy (non-hydrogen) atoms. The summed E-state index contributed by atoms with van der Waals surface area (Å²) in [5.74, 6) is 5.18. The quantitative estimate of drug-likeness (QED) is 0.341. The van der Waals surface area contributed by atoms with E-state index >= 15 is 0 Å². The van der Waals surface area contributed by atoms with Crippen LogP contribution in [0, 0.1) is 0 Å². The van der Waals surface area contributed by atoms with Crippen LogP contribution < -0.4 is 21.9 Å². The third kappa shape index (κ3) is 2.51. The molecule has 0 aromatic rings. The molecule has 5 N–H and O–H groups in total. The van der Waals surface area contributed by atoms with Gasteiger partial charge in [0.15, 0.2) is 0 Å². The summed E-state index contributed by atoms with van der Waals surface area (Å²) in [5.41, 5.74) is 2.76. The molecule has 0 saturated carbocycles. The molecule has 1 fully saturated rings. The lowest BCUT2D eigenvalue weighted by Crippen LogP contribution is -2.51. The normalized spacial score (nSPS) is 29.7. The van der Waals surface area contributed by atoms with E-state index in [1.807, 2.05) is 0 Å². The van der Waals surface area contributed by atoms with Crippen LogP contribution in [0.1, 0.15) is 13.8 Å². The molecule has 1 heterocycles. The molecule has 62 valence electrons. The second-order valence-electron chi connectivity index (χ2n) is 3.01. The Morgan fingerprint density at radius 2 is 2.20 bits per heavy atom. The van der Waals surface area contributed by atoms with E-state index in [0.29, 0.717) is 0 Å². The van der Waals surface area contributed by atoms with Gasteiger partial charge in [-0.1, -0.05) is 0 Å². The number of hydrogen-bond acceptors (Lipinski definition) is 4. The lowest BCUT2D eigenvalue weighted by molar-refractivity contribution is 0.396. The summed E-state index contributed by atoms with van der Waals surface area (Å²) in [7, 11) is 0. The van der Waals surface area contributed by atoms with Crippen LogP contribution in [0.4, 0.5) is 0 Å². The van der Waals surface area contributed by atoms with Crippen molar-refractivity contribution in [3.8, 4) is 0 Å². The minimum Gasteiger partial charge on any atom is -0.287 e. The minimum absolute atomic E-state index is 0. The van der Waals surface area contributed by atoms with E-state index in [2.05, 4.69) is 29.9 Å². The molecule has 0 aromatic heterocycles. The minimum atomic E-state index is 0. The van der Waals surface area contributed by atoms with E-state index in [1.165, 1.54) is 0 Å². The van der Waals surface area contributed by atoms with E-state index in [-0.39, 0.29) is 28.8 Å². The molecule has 0 spiro atoms. The molecule has 1 rings (SSSR count). The zero-order chi connectivity index (χ0) is 6.91. The van der Waals surface area contributed by atoms with Gasteiger partial charge in [-0.2, -0.15) is 0 Å². The second-order valence-corrected chi connectivity index (χ2v) is 3.01. The van der Waals surface area contributed by atoms with Gasteiger partial charge in [0.2, 0.25) is 0 Å². The largest absolute Gasteiger partial charge is 0.287 e. The Hall–Kier alpha value is 0.320. The number of nitrogens with two attached hydrogens (primary N) is 1. The maximum atomic E-state index is 5.18. The van der Waals surface area contributed by atoms with Crippen molar-refractivity contribution in [3.63, 3.8) is 0 Å². The standard InChI is InChI=1S/C5H14N4.BrH/c1-5(2)3-7-4(8-5)9-6;/h4,7-9H,3,6H2,1-2H3;1H. The monoisotopic (exact) mass is 210 g/mol. The van der Waals surface area contributed by atoms with Gasteiger partial charge in [-0.15, -0.1) is 17.0 Å². The van der Waals surface area contributed by atoms with E-state index in [4.69, 9.17) is 5.84 Å².